The highest BCUT2D eigenvalue weighted by molar-refractivity contribution is 5.73. The van der Waals surface area contributed by atoms with E-state index in [2.05, 4.69) is 20.6 Å². The first-order valence-electron chi connectivity index (χ1n) is 4.20. The second kappa shape index (κ2) is 4.49. The second-order valence-electron chi connectivity index (χ2n) is 3.06. The van der Waals surface area contributed by atoms with E-state index >= 15 is 0 Å². The largest absolute Gasteiger partial charge is 0.347 e. The molecule has 0 aliphatic heterocycles. The van der Waals surface area contributed by atoms with Gasteiger partial charge in [0, 0.05) is 12.2 Å². The molecule has 0 spiro atoms. The number of H-pyrrole nitrogens is 1. The number of amides is 2. The lowest BCUT2D eigenvalue weighted by atomic mass is 10.4. The van der Waals surface area contributed by atoms with E-state index in [0.29, 0.717) is 6.54 Å². The molecule has 0 unspecified atom stereocenters. The lowest BCUT2D eigenvalue weighted by molar-refractivity contribution is 0.238. The summed E-state index contributed by atoms with van der Waals surface area (Å²) in [4.78, 5) is 17.8. The van der Waals surface area contributed by atoms with E-state index in [1.807, 2.05) is 13.8 Å². The number of nitrogens with one attached hydrogen (secondary N) is 3. The van der Waals surface area contributed by atoms with Crippen molar-refractivity contribution in [2.75, 3.05) is 0 Å². The highest BCUT2D eigenvalue weighted by atomic mass is 16.2. The summed E-state index contributed by atoms with van der Waals surface area (Å²) in [5.41, 5.74) is 0.888. The zero-order valence-electron chi connectivity index (χ0n) is 7.79. The SMILES string of the molecule is CC(C)NC(=O)NCc1cnc[nH]1. The van der Waals surface area contributed by atoms with Crippen LogP contribution < -0.4 is 10.6 Å². The summed E-state index contributed by atoms with van der Waals surface area (Å²) in [6.07, 6.45) is 3.26. The molecule has 72 valence electrons. The minimum absolute atomic E-state index is 0.154. The minimum Gasteiger partial charge on any atom is -0.347 e. The first kappa shape index (κ1) is 9.57. The van der Waals surface area contributed by atoms with Crippen LogP contribution in [0.3, 0.4) is 0 Å². The first-order chi connectivity index (χ1) is 6.18. The fraction of sp³-hybridized carbons (Fsp3) is 0.500. The molecule has 0 saturated carbocycles. The molecule has 0 aromatic carbocycles. The van der Waals surface area contributed by atoms with Gasteiger partial charge >= 0.3 is 6.03 Å². The molecule has 13 heavy (non-hydrogen) atoms. The maximum absolute atomic E-state index is 11.1. The highest BCUT2D eigenvalue weighted by Gasteiger charge is 2.01. The van der Waals surface area contributed by atoms with E-state index < -0.39 is 0 Å². The molecule has 3 N–H and O–H groups in total. The van der Waals surface area contributed by atoms with Crippen molar-refractivity contribution in [1.29, 1.82) is 0 Å². The minimum atomic E-state index is -0.162. The Kier molecular flexibility index (Phi) is 3.31. The molecule has 5 heteroatoms. The average Bonchev–Trinajstić information content (AvgIpc) is 2.51. The number of nitrogens with zero attached hydrogens (tertiary/aromatic N) is 1. The number of imidazole rings is 1. The Morgan fingerprint density at radius 1 is 1.69 bits per heavy atom. The van der Waals surface area contributed by atoms with Crippen molar-refractivity contribution >= 4 is 6.03 Å². The third kappa shape index (κ3) is 3.59. The quantitative estimate of drug-likeness (QED) is 0.641. The Balaban J connectivity index is 2.23. The van der Waals surface area contributed by atoms with Crippen LogP contribution in [0.5, 0.6) is 0 Å². The molecule has 0 aliphatic rings. The van der Waals surface area contributed by atoms with E-state index in [1.165, 1.54) is 0 Å². The molecule has 1 aromatic rings. The number of urea groups is 1. The van der Waals surface area contributed by atoms with Gasteiger partial charge < -0.3 is 15.6 Å². The normalized spacial score (nSPS) is 10.1. The molecule has 0 radical (unpaired) electrons. The number of aromatic nitrogens is 2. The van der Waals surface area contributed by atoms with Crippen LogP contribution in [0.25, 0.3) is 0 Å². The van der Waals surface area contributed by atoms with Gasteiger partial charge in [-0.1, -0.05) is 0 Å². The molecule has 2 amide bonds. The predicted molar refractivity (Wildman–Crippen MR) is 49.1 cm³/mol. The Morgan fingerprint density at radius 3 is 3.00 bits per heavy atom. The van der Waals surface area contributed by atoms with Gasteiger partial charge in [-0.2, -0.15) is 0 Å². The van der Waals surface area contributed by atoms with Crippen LogP contribution >= 0.6 is 0 Å². The summed E-state index contributed by atoms with van der Waals surface area (Å²) in [6, 6.07) is -0.00799. The molecule has 0 fully saturated rings. The van der Waals surface area contributed by atoms with Crippen LogP contribution in [0.15, 0.2) is 12.5 Å². The van der Waals surface area contributed by atoms with Crippen molar-refractivity contribution in [3.05, 3.63) is 18.2 Å². The van der Waals surface area contributed by atoms with Crippen molar-refractivity contribution in [3.8, 4) is 0 Å². The fourth-order valence-electron chi connectivity index (χ4n) is 0.870. The Hall–Kier alpha value is -1.52. The maximum atomic E-state index is 11.1. The van der Waals surface area contributed by atoms with Gasteiger partial charge in [0.25, 0.3) is 0 Å². The van der Waals surface area contributed by atoms with E-state index in [4.69, 9.17) is 0 Å². The fourth-order valence-corrected chi connectivity index (χ4v) is 0.870. The smallest absolute Gasteiger partial charge is 0.315 e. The van der Waals surface area contributed by atoms with Gasteiger partial charge in [-0.15, -0.1) is 0 Å². The molecular formula is C8H14N4O. The molecule has 0 bridgehead atoms. The molecule has 0 atom stereocenters. The molecule has 1 rings (SSSR count). The summed E-state index contributed by atoms with van der Waals surface area (Å²) in [6.45, 7) is 4.30. The van der Waals surface area contributed by atoms with Gasteiger partial charge in [0.05, 0.1) is 18.6 Å². The number of aromatic amines is 1. The van der Waals surface area contributed by atoms with Crippen molar-refractivity contribution in [1.82, 2.24) is 20.6 Å². The summed E-state index contributed by atoms with van der Waals surface area (Å²) in [7, 11) is 0. The van der Waals surface area contributed by atoms with Crippen LogP contribution in [0, 0.1) is 0 Å². The lowest BCUT2D eigenvalue weighted by Crippen LogP contribution is -2.39. The molecule has 0 aliphatic carbocycles. The highest BCUT2D eigenvalue weighted by Crippen LogP contribution is 1.88. The lowest BCUT2D eigenvalue weighted by Gasteiger charge is -2.08. The van der Waals surface area contributed by atoms with E-state index in [0.717, 1.165) is 5.69 Å². The number of carbonyl (C=O) groups is 1. The van der Waals surface area contributed by atoms with Gasteiger partial charge in [0.15, 0.2) is 0 Å². The third-order valence-corrected chi connectivity index (χ3v) is 1.41. The van der Waals surface area contributed by atoms with Crippen LogP contribution in [0.1, 0.15) is 19.5 Å². The summed E-state index contributed by atoms with van der Waals surface area (Å²) < 4.78 is 0. The zero-order chi connectivity index (χ0) is 9.68. The van der Waals surface area contributed by atoms with E-state index in [1.54, 1.807) is 12.5 Å². The van der Waals surface area contributed by atoms with Crippen molar-refractivity contribution in [3.63, 3.8) is 0 Å². The van der Waals surface area contributed by atoms with E-state index in [-0.39, 0.29) is 12.1 Å². The number of hydrogen-bond donors (Lipinski definition) is 3. The molecule has 1 aromatic heterocycles. The standard InChI is InChI=1S/C8H14N4O/c1-6(2)12-8(13)10-4-7-3-9-5-11-7/h3,5-6H,4H2,1-2H3,(H,9,11)(H2,10,12,13). The van der Waals surface area contributed by atoms with Gasteiger partial charge in [0.2, 0.25) is 0 Å². The predicted octanol–water partition coefficient (Wildman–Crippen LogP) is 0.617. The van der Waals surface area contributed by atoms with Crippen molar-refractivity contribution < 1.29 is 4.79 Å². The van der Waals surface area contributed by atoms with Crippen LogP contribution in [-0.4, -0.2) is 22.0 Å². The molecule has 1 heterocycles. The van der Waals surface area contributed by atoms with Crippen LogP contribution in [0.4, 0.5) is 4.79 Å². The number of carbonyl (C=O) groups excluding carboxylic acids is 1. The van der Waals surface area contributed by atoms with Crippen molar-refractivity contribution in [2.45, 2.75) is 26.4 Å². The third-order valence-electron chi connectivity index (χ3n) is 1.41. The summed E-state index contributed by atoms with van der Waals surface area (Å²) >= 11 is 0. The Bertz CT molecular complexity index is 255. The monoisotopic (exact) mass is 182 g/mol. The van der Waals surface area contributed by atoms with Gasteiger partial charge in [0.1, 0.15) is 0 Å². The second-order valence-corrected chi connectivity index (χ2v) is 3.06. The van der Waals surface area contributed by atoms with E-state index in [9.17, 15) is 4.79 Å². The number of rotatable bonds is 3. The molecule has 0 saturated heterocycles. The Morgan fingerprint density at radius 2 is 2.46 bits per heavy atom. The average molecular weight is 182 g/mol. The van der Waals surface area contributed by atoms with Gasteiger partial charge in [-0.3, -0.25) is 0 Å². The van der Waals surface area contributed by atoms with Crippen molar-refractivity contribution in [2.24, 2.45) is 0 Å². The molecular weight excluding hydrogens is 168 g/mol. The maximum Gasteiger partial charge on any atom is 0.315 e. The summed E-state index contributed by atoms with van der Waals surface area (Å²) in [5.74, 6) is 0. The van der Waals surface area contributed by atoms with Crippen LogP contribution in [0.2, 0.25) is 0 Å². The van der Waals surface area contributed by atoms with Gasteiger partial charge in [-0.25, -0.2) is 9.78 Å². The van der Waals surface area contributed by atoms with Crippen LogP contribution in [-0.2, 0) is 6.54 Å². The first-order valence-corrected chi connectivity index (χ1v) is 4.20. The number of hydrogen-bond acceptors (Lipinski definition) is 2. The molecule has 5 nitrogen and oxygen atoms in total. The Labute approximate surface area is 76.9 Å². The zero-order valence-corrected chi connectivity index (χ0v) is 7.79. The topological polar surface area (TPSA) is 69.8 Å². The van der Waals surface area contributed by atoms with Gasteiger partial charge in [-0.05, 0) is 13.8 Å². The summed E-state index contributed by atoms with van der Waals surface area (Å²) in [5, 5.41) is 5.42.